The Morgan fingerprint density at radius 3 is 2.67 bits per heavy atom. The number of phenols is 1. The molecule has 0 aliphatic carbocycles. The van der Waals surface area contributed by atoms with Crippen LogP contribution < -0.4 is 5.73 Å². The molecular formula is C11H12F3NO3. The Morgan fingerprint density at radius 1 is 1.56 bits per heavy atom. The van der Waals surface area contributed by atoms with Crippen molar-refractivity contribution >= 4 is 5.97 Å². The average molecular weight is 263 g/mol. The van der Waals surface area contributed by atoms with E-state index in [1.807, 2.05) is 0 Å². The van der Waals surface area contributed by atoms with Crippen molar-refractivity contribution in [3.8, 4) is 5.75 Å². The largest absolute Gasteiger partial charge is 0.505 e. The lowest BCUT2D eigenvalue weighted by molar-refractivity contribution is -0.174. The van der Waals surface area contributed by atoms with Gasteiger partial charge in [-0.25, -0.2) is 9.18 Å². The van der Waals surface area contributed by atoms with Crippen LogP contribution in [-0.4, -0.2) is 23.6 Å². The summed E-state index contributed by atoms with van der Waals surface area (Å²) >= 11 is 0. The second kappa shape index (κ2) is 5.26. The average Bonchev–Trinajstić information content (AvgIpc) is 2.32. The molecule has 0 fully saturated rings. The van der Waals surface area contributed by atoms with E-state index in [-0.39, 0.29) is 12.2 Å². The van der Waals surface area contributed by atoms with E-state index in [4.69, 9.17) is 10.8 Å². The minimum absolute atomic E-state index is 0.217. The summed E-state index contributed by atoms with van der Waals surface area (Å²) in [5, 5.41) is 8.93. The van der Waals surface area contributed by atoms with Crippen molar-refractivity contribution in [3.05, 3.63) is 29.6 Å². The topological polar surface area (TPSA) is 72.5 Å². The van der Waals surface area contributed by atoms with Crippen LogP contribution in [0.25, 0.3) is 0 Å². The number of carbonyl (C=O) groups is 1. The van der Waals surface area contributed by atoms with Crippen LogP contribution in [0.1, 0.15) is 18.5 Å². The van der Waals surface area contributed by atoms with E-state index < -0.39 is 29.5 Å². The number of aromatic hydroxyl groups is 1. The first-order valence-corrected chi connectivity index (χ1v) is 5.09. The van der Waals surface area contributed by atoms with Crippen LogP contribution in [0.2, 0.25) is 0 Å². The number of hydrogen-bond donors (Lipinski definition) is 2. The van der Waals surface area contributed by atoms with Crippen molar-refractivity contribution in [1.29, 1.82) is 0 Å². The maximum Gasteiger partial charge on any atom is 0.379 e. The third-order valence-electron chi connectivity index (χ3n) is 2.27. The summed E-state index contributed by atoms with van der Waals surface area (Å²) in [5.41, 5.74) is 4.91. The molecule has 0 heterocycles. The van der Waals surface area contributed by atoms with Gasteiger partial charge < -0.3 is 15.6 Å². The molecule has 0 bridgehead atoms. The maximum absolute atomic E-state index is 13.5. The number of carbonyl (C=O) groups excluding carboxylic acids is 1. The van der Waals surface area contributed by atoms with E-state index in [0.717, 1.165) is 12.1 Å². The summed E-state index contributed by atoms with van der Waals surface area (Å²) in [4.78, 5) is 11.0. The van der Waals surface area contributed by atoms with E-state index >= 15 is 0 Å². The number of phenolic OH excluding ortho intramolecular Hbond substituents is 1. The monoisotopic (exact) mass is 263 g/mol. The zero-order chi connectivity index (χ0) is 13.9. The molecule has 4 nitrogen and oxygen atoms in total. The van der Waals surface area contributed by atoms with Gasteiger partial charge in [0.15, 0.2) is 11.6 Å². The highest BCUT2D eigenvalue weighted by Gasteiger charge is 2.47. The zero-order valence-electron chi connectivity index (χ0n) is 9.49. The highest BCUT2D eigenvalue weighted by atomic mass is 19.3. The smallest absolute Gasteiger partial charge is 0.379 e. The van der Waals surface area contributed by atoms with Crippen LogP contribution in [0.4, 0.5) is 13.2 Å². The Bertz CT molecular complexity index is 451. The zero-order valence-corrected chi connectivity index (χ0v) is 9.49. The van der Waals surface area contributed by atoms with E-state index in [1.54, 1.807) is 0 Å². The molecule has 1 aromatic rings. The molecule has 0 spiro atoms. The van der Waals surface area contributed by atoms with E-state index in [0.29, 0.717) is 6.07 Å². The van der Waals surface area contributed by atoms with E-state index in [2.05, 4.69) is 4.74 Å². The minimum Gasteiger partial charge on any atom is -0.505 e. The first-order valence-electron chi connectivity index (χ1n) is 5.09. The molecule has 0 aliphatic heterocycles. The summed E-state index contributed by atoms with van der Waals surface area (Å²) < 4.78 is 44.3. The number of alkyl halides is 2. The van der Waals surface area contributed by atoms with Crippen LogP contribution in [0.3, 0.4) is 0 Å². The highest BCUT2D eigenvalue weighted by molar-refractivity contribution is 5.78. The molecule has 0 aliphatic rings. The lowest BCUT2D eigenvalue weighted by Crippen LogP contribution is -2.41. The number of hydrogen-bond acceptors (Lipinski definition) is 4. The van der Waals surface area contributed by atoms with E-state index in [1.165, 1.54) is 6.92 Å². The van der Waals surface area contributed by atoms with Crippen molar-refractivity contribution < 1.29 is 27.8 Å². The van der Waals surface area contributed by atoms with Gasteiger partial charge in [0.05, 0.1) is 6.61 Å². The number of benzene rings is 1. The third-order valence-corrected chi connectivity index (χ3v) is 2.27. The molecule has 0 radical (unpaired) electrons. The van der Waals surface area contributed by atoms with Gasteiger partial charge in [0, 0.05) is 0 Å². The molecule has 1 atom stereocenters. The minimum atomic E-state index is -3.97. The molecule has 1 rings (SSSR count). The second-order valence-corrected chi connectivity index (χ2v) is 3.53. The van der Waals surface area contributed by atoms with Gasteiger partial charge >= 0.3 is 11.9 Å². The molecule has 3 N–H and O–H groups in total. The number of halogens is 3. The van der Waals surface area contributed by atoms with Gasteiger partial charge in [-0.05, 0) is 24.6 Å². The van der Waals surface area contributed by atoms with Gasteiger partial charge in [-0.3, -0.25) is 0 Å². The fraction of sp³-hybridized carbons (Fsp3) is 0.364. The van der Waals surface area contributed by atoms with Gasteiger partial charge in [0.25, 0.3) is 0 Å². The molecule has 7 heteroatoms. The van der Waals surface area contributed by atoms with Gasteiger partial charge in [-0.1, -0.05) is 6.07 Å². The van der Waals surface area contributed by atoms with Gasteiger partial charge in [-0.15, -0.1) is 0 Å². The standard InChI is InChI=1S/C11H12F3NO3/c1-2-18-10(17)11(13,14)9(15)6-3-4-8(16)7(12)5-6/h3-5,9,16H,2,15H2,1H3/t9-/m1/s1. The van der Waals surface area contributed by atoms with Crippen molar-refractivity contribution in [2.75, 3.05) is 6.61 Å². The van der Waals surface area contributed by atoms with Gasteiger partial charge in [-0.2, -0.15) is 8.78 Å². The predicted molar refractivity (Wildman–Crippen MR) is 56.6 cm³/mol. The molecule has 0 saturated carbocycles. The van der Waals surface area contributed by atoms with Crippen LogP contribution in [0, 0.1) is 5.82 Å². The Morgan fingerprint density at radius 2 is 2.17 bits per heavy atom. The van der Waals surface area contributed by atoms with Gasteiger partial charge in [0.1, 0.15) is 6.04 Å². The number of rotatable bonds is 4. The molecule has 1 aromatic carbocycles. The molecular weight excluding hydrogens is 251 g/mol. The maximum atomic E-state index is 13.5. The van der Waals surface area contributed by atoms with Crippen molar-refractivity contribution in [1.82, 2.24) is 0 Å². The predicted octanol–water partition coefficient (Wildman–Crippen LogP) is 1.73. The molecule has 18 heavy (non-hydrogen) atoms. The van der Waals surface area contributed by atoms with Crippen LogP contribution in [0.5, 0.6) is 5.75 Å². The van der Waals surface area contributed by atoms with Crippen molar-refractivity contribution in [2.24, 2.45) is 5.73 Å². The quantitative estimate of drug-likeness (QED) is 0.811. The lowest BCUT2D eigenvalue weighted by Gasteiger charge is -2.21. The summed E-state index contributed by atoms with van der Waals surface area (Å²) in [6, 6.07) is 0.487. The van der Waals surface area contributed by atoms with Crippen LogP contribution in [-0.2, 0) is 9.53 Å². The number of nitrogens with two attached hydrogens (primary N) is 1. The Hall–Kier alpha value is -1.76. The van der Waals surface area contributed by atoms with Crippen LogP contribution in [0.15, 0.2) is 18.2 Å². The molecule has 0 saturated heterocycles. The summed E-state index contributed by atoms with van der Waals surface area (Å²) in [6.07, 6.45) is 0. The number of ether oxygens (including phenoxy) is 1. The fourth-order valence-corrected chi connectivity index (χ4v) is 1.28. The Kier molecular flexibility index (Phi) is 4.18. The van der Waals surface area contributed by atoms with Crippen molar-refractivity contribution in [2.45, 2.75) is 18.9 Å². The normalized spacial score (nSPS) is 13.2. The Labute approximate surface area is 101 Å². The summed E-state index contributed by atoms with van der Waals surface area (Å²) in [5.74, 6) is -7.53. The summed E-state index contributed by atoms with van der Waals surface area (Å²) in [6.45, 7) is 1.16. The fourth-order valence-electron chi connectivity index (χ4n) is 1.28. The van der Waals surface area contributed by atoms with Gasteiger partial charge in [0.2, 0.25) is 0 Å². The highest BCUT2D eigenvalue weighted by Crippen LogP contribution is 2.32. The SMILES string of the molecule is CCOC(=O)C(F)(F)[C@H](N)c1ccc(O)c(F)c1. The third kappa shape index (κ3) is 2.73. The van der Waals surface area contributed by atoms with E-state index in [9.17, 15) is 18.0 Å². The van der Waals surface area contributed by atoms with Crippen LogP contribution >= 0.6 is 0 Å². The molecule has 0 amide bonds. The summed E-state index contributed by atoms with van der Waals surface area (Å²) in [7, 11) is 0. The lowest BCUT2D eigenvalue weighted by atomic mass is 10.0. The molecule has 100 valence electrons. The first-order chi connectivity index (χ1) is 8.30. The Balaban J connectivity index is 3.01. The number of esters is 1. The first kappa shape index (κ1) is 14.3. The van der Waals surface area contributed by atoms with Crippen molar-refractivity contribution in [3.63, 3.8) is 0 Å². The molecule has 0 aromatic heterocycles. The second-order valence-electron chi connectivity index (χ2n) is 3.53. The molecule has 0 unspecified atom stereocenters.